The molecule has 1 fully saturated rings. The zero-order valence-corrected chi connectivity index (χ0v) is 12.7. The van der Waals surface area contributed by atoms with Gasteiger partial charge in [-0.2, -0.15) is 5.26 Å². The normalized spacial score (nSPS) is 21.7. The molecule has 0 aliphatic heterocycles. The van der Waals surface area contributed by atoms with Gasteiger partial charge in [0.1, 0.15) is 11.1 Å². The van der Waals surface area contributed by atoms with Crippen molar-refractivity contribution in [3.63, 3.8) is 0 Å². The highest BCUT2D eigenvalue weighted by molar-refractivity contribution is 7.16. The molecule has 0 bridgehead atoms. The number of nitrogens with zero attached hydrogens (tertiary/aromatic N) is 1. The van der Waals surface area contributed by atoms with E-state index >= 15 is 0 Å². The van der Waals surface area contributed by atoms with Crippen LogP contribution in [-0.4, -0.2) is 5.91 Å². The number of thiophene rings is 1. The van der Waals surface area contributed by atoms with Gasteiger partial charge in [0.15, 0.2) is 0 Å². The molecule has 4 heteroatoms. The second kappa shape index (κ2) is 5.57. The van der Waals surface area contributed by atoms with E-state index in [2.05, 4.69) is 18.3 Å². The summed E-state index contributed by atoms with van der Waals surface area (Å²) in [6.45, 7) is 2.23. The lowest BCUT2D eigenvalue weighted by Crippen LogP contribution is -2.27. The second-order valence-corrected chi connectivity index (χ2v) is 7.06. The van der Waals surface area contributed by atoms with Crippen molar-refractivity contribution in [1.82, 2.24) is 0 Å². The van der Waals surface area contributed by atoms with Crippen molar-refractivity contribution >= 4 is 22.2 Å². The number of nitrogens with one attached hydrogen (secondary N) is 1. The number of carbonyl (C=O) groups is 1. The van der Waals surface area contributed by atoms with E-state index in [1.165, 1.54) is 23.3 Å². The summed E-state index contributed by atoms with van der Waals surface area (Å²) >= 11 is 1.63. The van der Waals surface area contributed by atoms with E-state index in [1.807, 2.05) is 0 Å². The lowest BCUT2D eigenvalue weighted by molar-refractivity contribution is -0.122. The predicted molar refractivity (Wildman–Crippen MR) is 80.8 cm³/mol. The Morgan fingerprint density at radius 2 is 2.25 bits per heavy atom. The third kappa shape index (κ3) is 2.35. The first kappa shape index (κ1) is 13.6. The van der Waals surface area contributed by atoms with Gasteiger partial charge in [0.2, 0.25) is 5.91 Å². The molecule has 0 saturated heterocycles. The Morgan fingerprint density at radius 3 is 2.85 bits per heavy atom. The Balaban J connectivity index is 1.82. The molecule has 1 atom stereocenters. The van der Waals surface area contributed by atoms with Gasteiger partial charge in [-0.25, -0.2) is 0 Å². The van der Waals surface area contributed by atoms with Gasteiger partial charge < -0.3 is 5.32 Å². The monoisotopic (exact) mass is 288 g/mol. The van der Waals surface area contributed by atoms with Gasteiger partial charge >= 0.3 is 0 Å². The van der Waals surface area contributed by atoms with Gasteiger partial charge in [-0.1, -0.05) is 19.8 Å². The molecule has 0 radical (unpaired) electrons. The van der Waals surface area contributed by atoms with Crippen molar-refractivity contribution in [2.24, 2.45) is 11.8 Å². The van der Waals surface area contributed by atoms with Gasteiger partial charge in [-0.3, -0.25) is 4.79 Å². The minimum Gasteiger partial charge on any atom is -0.316 e. The summed E-state index contributed by atoms with van der Waals surface area (Å²) in [7, 11) is 0. The van der Waals surface area contributed by atoms with Crippen molar-refractivity contribution in [2.45, 2.75) is 51.9 Å². The van der Waals surface area contributed by atoms with Gasteiger partial charge in [0, 0.05) is 10.8 Å². The fraction of sp³-hybridized carbons (Fsp3) is 0.625. The zero-order valence-electron chi connectivity index (χ0n) is 11.9. The SMILES string of the molecule is CCC1CCc2c(sc(NC(=O)C3CCC3)c2C#N)C1. The van der Waals surface area contributed by atoms with E-state index in [0.717, 1.165) is 48.6 Å². The summed E-state index contributed by atoms with van der Waals surface area (Å²) in [5, 5.41) is 13.2. The van der Waals surface area contributed by atoms with Crippen LogP contribution < -0.4 is 5.32 Å². The summed E-state index contributed by atoms with van der Waals surface area (Å²) in [6, 6.07) is 2.31. The van der Waals surface area contributed by atoms with Crippen molar-refractivity contribution in [1.29, 1.82) is 5.26 Å². The smallest absolute Gasteiger partial charge is 0.228 e. The molecule has 1 aromatic heterocycles. The van der Waals surface area contributed by atoms with Crippen LogP contribution in [0.15, 0.2) is 0 Å². The summed E-state index contributed by atoms with van der Waals surface area (Å²) in [6.07, 6.45) is 7.58. The van der Waals surface area contributed by atoms with Crippen LogP contribution in [0.2, 0.25) is 0 Å². The molecule has 2 aliphatic carbocycles. The summed E-state index contributed by atoms with van der Waals surface area (Å²) in [5.74, 6) is 1.02. The van der Waals surface area contributed by atoms with Crippen LogP contribution in [0.25, 0.3) is 0 Å². The van der Waals surface area contributed by atoms with Crippen molar-refractivity contribution in [3.8, 4) is 6.07 Å². The van der Waals surface area contributed by atoms with Crippen molar-refractivity contribution in [3.05, 3.63) is 16.0 Å². The molecule has 20 heavy (non-hydrogen) atoms. The van der Waals surface area contributed by atoms with Crippen LogP contribution in [-0.2, 0) is 17.6 Å². The van der Waals surface area contributed by atoms with Crippen molar-refractivity contribution in [2.75, 3.05) is 5.32 Å². The van der Waals surface area contributed by atoms with E-state index < -0.39 is 0 Å². The summed E-state index contributed by atoms with van der Waals surface area (Å²) < 4.78 is 0. The molecule has 1 heterocycles. The molecule has 1 N–H and O–H groups in total. The lowest BCUT2D eigenvalue weighted by atomic mass is 9.84. The Hall–Kier alpha value is -1.34. The maximum Gasteiger partial charge on any atom is 0.228 e. The molecule has 1 unspecified atom stereocenters. The van der Waals surface area contributed by atoms with Crippen LogP contribution in [0, 0.1) is 23.2 Å². The van der Waals surface area contributed by atoms with E-state index in [9.17, 15) is 10.1 Å². The van der Waals surface area contributed by atoms with Crippen LogP contribution in [0.4, 0.5) is 5.00 Å². The Bertz CT molecular complexity index is 566. The minimum atomic E-state index is 0.110. The summed E-state index contributed by atoms with van der Waals surface area (Å²) in [5.41, 5.74) is 1.93. The van der Waals surface area contributed by atoms with Gasteiger partial charge in [-0.15, -0.1) is 11.3 Å². The average Bonchev–Trinajstić information content (AvgIpc) is 2.72. The van der Waals surface area contributed by atoms with Crippen LogP contribution in [0.5, 0.6) is 0 Å². The van der Waals surface area contributed by atoms with Crippen LogP contribution in [0.1, 0.15) is 55.0 Å². The number of carbonyl (C=O) groups excluding carboxylic acids is 1. The molecule has 3 rings (SSSR count). The van der Waals surface area contributed by atoms with E-state index in [1.54, 1.807) is 11.3 Å². The Kier molecular flexibility index (Phi) is 3.80. The van der Waals surface area contributed by atoms with E-state index in [-0.39, 0.29) is 11.8 Å². The van der Waals surface area contributed by atoms with E-state index in [4.69, 9.17) is 0 Å². The largest absolute Gasteiger partial charge is 0.316 e. The minimum absolute atomic E-state index is 0.110. The third-order valence-corrected chi connectivity index (χ3v) is 5.94. The molecule has 106 valence electrons. The fourth-order valence-electron chi connectivity index (χ4n) is 3.09. The molecule has 1 aromatic rings. The zero-order chi connectivity index (χ0) is 14.1. The number of rotatable bonds is 3. The van der Waals surface area contributed by atoms with Gasteiger partial charge in [0.05, 0.1) is 5.56 Å². The first-order valence-corrected chi connectivity index (χ1v) is 8.40. The van der Waals surface area contributed by atoms with Crippen molar-refractivity contribution < 1.29 is 4.79 Å². The second-order valence-electron chi connectivity index (χ2n) is 5.95. The highest BCUT2D eigenvalue weighted by Crippen LogP contribution is 2.40. The standard InChI is InChI=1S/C16H20N2OS/c1-2-10-6-7-12-13(9-17)16(20-14(12)8-10)18-15(19)11-4-3-5-11/h10-11H,2-8H2,1H3,(H,18,19). The predicted octanol–water partition coefficient (Wildman–Crippen LogP) is 3.87. The molecule has 3 nitrogen and oxygen atoms in total. The summed E-state index contributed by atoms with van der Waals surface area (Å²) in [4.78, 5) is 13.4. The third-order valence-electron chi connectivity index (χ3n) is 4.77. The number of nitriles is 1. The maximum absolute atomic E-state index is 12.1. The van der Waals surface area contributed by atoms with E-state index in [0.29, 0.717) is 0 Å². The molecular weight excluding hydrogens is 268 g/mol. The van der Waals surface area contributed by atoms with Gasteiger partial charge in [-0.05, 0) is 43.6 Å². The molecule has 0 spiro atoms. The van der Waals surface area contributed by atoms with Crippen LogP contribution in [0.3, 0.4) is 0 Å². The molecule has 1 amide bonds. The average molecular weight is 288 g/mol. The molecule has 0 aromatic carbocycles. The molecular formula is C16H20N2OS. The quantitative estimate of drug-likeness (QED) is 0.917. The Labute approximate surface area is 124 Å². The lowest BCUT2D eigenvalue weighted by Gasteiger charge is -2.23. The number of anilines is 1. The Morgan fingerprint density at radius 1 is 1.45 bits per heavy atom. The topological polar surface area (TPSA) is 52.9 Å². The number of fused-ring (bicyclic) bond motifs is 1. The van der Waals surface area contributed by atoms with Crippen LogP contribution >= 0.6 is 11.3 Å². The van der Waals surface area contributed by atoms with Gasteiger partial charge in [0.25, 0.3) is 0 Å². The first-order valence-electron chi connectivity index (χ1n) is 7.58. The number of hydrogen-bond donors (Lipinski definition) is 1. The fourth-order valence-corrected chi connectivity index (χ4v) is 4.41. The highest BCUT2D eigenvalue weighted by Gasteiger charge is 2.29. The maximum atomic E-state index is 12.1. The number of amides is 1. The molecule has 2 aliphatic rings. The number of hydrogen-bond acceptors (Lipinski definition) is 3. The molecule has 1 saturated carbocycles. The highest BCUT2D eigenvalue weighted by atomic mass is 32.1. The first-order chi connectivity index (χ1) is 9.72.